The van der Waals surface area contributed by atoms with E-state index in [9.17, 15) is 46.7 Å². The third-order valence-corrected chi connectivity index (χ3v) is 12.4. The number of nitrogens with one attached hydrogen (secondary N) is 2. The summed E-state index contributed by atoms with van der Waals surface area (Å²) < 4.78 is 97.3. The lowest BCUT2D eigenvalue weighted by Crippen LogP contribution is -2.42. The average molecular weight is 856 g/mol. The Bertz CT molecular complexity index is 2380. The summed E-state index contributed by atoms with van der Waals surface area (Å²) in [5.41, 5.74) is 6.34. The maximum atomic E-state index is 13.5. The first-order chi connectivity index (χ1) is 27.0. The van der Waals surface area contributed by atoms with Crippen molar-refractivity contribution in [3.8, 4) is 0 Å². The Kier molecular flexibility index (Phi) is 12.5. The fourth-order valence-electron chi connectivity index (χ4n) is 5.34. The molecule has 7 N–H and O–H groups in total. The Balaban J connectivity index is 1.27. The number of benzene rings is 3. The van der Waals surface area contributed by atoms with Gasteiger partial charge in [-0.05, 0) is 54.1 Å². The molecule has 302 valence electrons. The van der Waals surface area contributed by atoms with Gasteiger partial charge in [0.15, 0.2) is 29.9 Å². The SMILES string of the molecule is Nc1ncnc2c1ncn2[C@@H]1O[C@H](COP(=O)(O)OP(=O)(O)OP(=O)(O)Cc2ccccc2)[C@@H](OC(=O)Nc2ccc(F)cc2)[C@H]1OC(=O)Nc1ccc(F)cc1. The molecule has 0 radical (unpaired) electrons. The zero-order valence-corrected chi connectivity index (χ0v) is 31.4. The van der Waals surface area contributed by atoms with E-state index in [1.54, 1.807) is 6.07 Å². The maximum Gasteiger partial charge on any atom is 0.488 e. The van der Waals surface area contributed by atoms with Gasteiger partial charge < -0.3 is 34.6 Å². The number of ether oxygens (including phenoxy) is 3. The number of imidazole rings is 1. The van der Waals surface area contributed by atoms with Crippen LogP contribution in [0.15, 0.2) is 91.5 Å². The van der Waals surface area contributed by atoms with Crippen LogP contribution in [-0.4, -0.2) is 71.3 Å². The number of anilines is 3. The average Bonchev–Trinajstić information content (AvgIpc) is 3.70. The van der Waals surface area contributed by atoms with E-state index in [1.807, 2.05) is 0 Å². The second-order valence-corrected chi connectivity index (χ2v) is 16.9. The smallest absolute Gasteiger partial charge is 0.439 e. The second kappa shape index (κ2) is 17.1. The van der Waals surface area contributed by atoms with Crippen LogP contribution in [0.3, 0.4) is 0 Å². The molecule has 0 spiro atoms. The summed E-state index contributed by atoms with van der Waals surface area (Å²) in [5, 5.41) is 4.69. The Labute approximate surface area is 319 Å². The van der Waals surface area contributed by atoms with Crippen LogP contribution in [0.5, 0.6) is 0 Å². The summed E-state index contributed by atoms with van der Waals surface area (Å²) in [6, 6.07) is 16.4. The van der Waals surface area contributed by atoms with Crippen LogP contribution in [0.1, 0.15) is 11.8 Å². The first kappa shape index (κ1) is 41.5. The fraction of sp³-hybridized carbons (Fsp3) is 0.194. The molecule has 0 bridgehead atoms. The highest BCUT2D eigenvalue weighted by atomic mass is 31.3. The van der Waals surface area contributed by atoms with Crippen LogP contribution < -0.4 is 16.4 Å². The summed E-state index contributed by atoms with van der Waals surface area (Å²) in [6.45, 7) is -1.14. The van der Waals surface area contributed by atoms with Crippen LogP contribution in [-0.2, 0) is 47.2 Å². The van der Waals surface area contributed by atoms with Gasteiger partial charge in [-0.3, -0.25) is 24.3 Å². The van der Waals surface area contributed by atoms with E-state index in [4.69, 9.17) is 24.5 Å². The molecule has 1 aliphatic rings. The zero-order valence-electron chi connectivity index (χ0n) is 28.7. The minimum absolute atomic E-state index is 0.00888. The van der Waals surface area contributed by atoms with E-state index in [-0.39, 0.29) is 33.9 Å². The first-order valence-electron chi connectivity index (χ1n) is 16.1. The van der Waals surface area contributed by atoms with E-state index in [0.29, 0.717) is 0 Å². The number of nitrogens with two attached hydrogens (primary N) is 1. The van der Waals surface area contributed by atoms with Gasteiger partial charge in [0.25, 0.3) is 0 Å². The summed E-state index contributed by atoms with van der Waals surface area (Å²) in [7, 11) is -16.5. The number of carbonyl (C=O) groups is 2. The zero-order chi connectivity index (χ0) is 41.0. The monoisotopic (exact) mass is 855 g/mol. The number of phosphoric acid groups is 2. The van der Waals surface area contributed by atoms with E-state index in [1.165, 1.54) is 53.1 Å². The molecule has 57 heavy (non-hydrogen) atoms. The van der Waals surface area contributed by atoms with Crippen molar-refractivity contribution in [1.82, 2.24) is 19.5 Å². The minimum atomic E-state index is -5.82. The van der Waals surface area contributed by atoms with Crippen LogP contribution in [0.4, 0.5) is 35.6 Å². The quantitative estimate of drug-likeness (QED) is 0.0756. The van der Waals surface area contributed by atoms with E-state index in [0.717, 1.165) is 36.9 Å². The Morgan fingerprint density at radius 3 is 1.96 bits per heavy atom. The third kappa shape index (κ3) is 11.0. The number of amides is 2. The van der Waals surface area contributed by atoms with Gasteiger partial charge in [0, 0.05) is 11.4 Å². The van der Waals surface area contributed by atoms with Gasteiger partial charge in [-0.2, -0.15) is 4.31 Å². The molecular formula is C31H30F2N7O14P3. The molecule has 0 saturated carbocycles. The van der Waals surface area contributed by atoms with Crippen molar-refractivity contribution < 1.29 is 74.1 Å². The first-order valence-corrected chi connectivity index (χ1v) is 20.8. The summed E-state index contributed by atoms with van der Waals surface area (Å²) in [4.78, 5) is 69.4. The molecule has 2 aromatic heterocycles. The summed E-state index contributed by atoms with van der Waals surface area (Å²) in [5.74, 6) is -1.30. The Hall–Kier alpha value is -5.18. The van der Waals surface area contributed by atoms with Crippen LogP contribution in [0.25, 0.3) is 11.2 Å². The highest BCUT2D eigenvalue weighted by Crippen LogP contribution is 2.68. The van der Waals surface area contributed by atoms with Crippen molar-refractivity contribution in [2.75, 3.05) is 23.0 Å². The molecule has 2 amide bonds. The van der Waals surface area contributed by atoms with E-state index in [2.05, 4.69) is 34.2 Å². The number of carbonyl (C=O) groups excluding carboxylic acids is 2. The van der Waals surface area contributed by atoms with E-state index >= 15 is 0 Å². The molecule has 3 unspecified atom stereocenters. The number of rotatable bonds is 14. The molecule has 0 aliphatic carbocycles. The highest BCUT2D eigenvalue weighted by Gasteiger charge is 2.52. The standard InChI is InChI=1S/C31H30F2N7O14P3/c32-19-6-10-21(11-7-19)38-30(41)51-25-23(14-49-56(45,46)54-57(47,48)53-55(43,44)15-18-4-2-1-3-5-18)50-29(40-17-37-24-27(34)35-16-36-28(24)40)26(25)52-31(42)39-22-12-8-20(33)9-13-22/h1-13,16-17,23,25-26,29H,14-15H2,(H,38,41)(H,39,42)(H,43,44)(H,45,46)(H,47,48)(H2,34,35,36)/t23-,25-,26-,29-/m1/s1. The second-order valence-electron chi connectivity index (χ2n) is 11.8. The Morgan fingerprint density at radius 2 is 1.37 bits per heavy atom. The molecule has 7 atom stereocenters. The van der Waals surface area contributed by atoms with Crippen molar-refractivity contribution in [3.63, 3.8) is 0 Å². The van der Waals surface area contributed by atoms with Crippen LogP contribution in [0.2, 0.25) is 0 Å². The van der Waals surface area contributed by atoms with Crippen molar-refractivity contribution in [1.29, 1.82) is 0 Å². The molecule has 21 nitrogen and oxygen atoms in total. The molecule has 1 saturated heterocycles. The van der Waals surface area contributed by atoms with Gasteiger partial charge in [-0.25, -0.2) is 46.8 Å². The van der Waals surface area contributed by atoms with Gasteiger partial charge >= 0.3 is 35.4 Å². The molecule has 1 fully saturated rings. The molecular weight excluding hydrogens is 825 g/mol. The predicted molar refractivity (Wildman–Crippen MR) is 192 cm³/mol. The third-order valence-electron chi connectivity index (χ3n) is 7.68. The van der Waals surface area contributed by atoms with Crippen molar-refractivity contribution in [2.45, 2.75) is 30.7 Å². The number of nitrogen functional groups attached to an aromatic ring is 1. The lowest BCUT2D eigenvalue weighted by Gasteiger charge is -2.25. The van der Waals surface area contributed by atoms with Gasteiger partial charge in [0.2, 0.25) is 0 Å². The van der Waals surface area contributed by atoms with Crippen molar-refractivity contribution >= 4 is 63.8 Å². The highest BCUT2D eigenvalue weighted by molar-refractivity contribution is 7.68. The molecule has 6 rings (SSSR count). The number of aromatic nitrogens is 4. The molecule has 3 aromatic carbocycles. The molecule has 3 heterocycles. The van der Waals surface area contributed by atoms with Crippen molar-refractivity contribution in [3.05, 3.63) is 109 Å². The Morgan fingerprint density at radius 1 is 0.789 bits per heavy atom. The largest absolute Gasteiger partial charge is 0.488 e. The topological polar surface area (TPSA) is 295 Å². The van der Waals surface area contributed by atoms with Gasteiger partial charge in [0.05, 0.1) is 19.1 Å². The normalized spacial score (nSPS) is 21.1. The number of halogens is 2. The van der Waals surface area contributed by atoms with Gasteiger partial charge in [-0.15, -0.1) is 0 Å². The van der Waals surface area contributed by atoms with Gasteiger partial charge in [-0.1, -0.05) is 30.3 Å². The molecule has 1 aliphatic heterocycles. The van der Waals surface area contributed by atoms with Crippen LogP contribution in [0, 0.1) is 11.6 Å². The number of hydrogen-bond donors (Lipinski definition) is 6. The summed E-state index contributed by atoms with van der Waals surface area (Å²) >= 11 is 0. The number of nitrogens with zero attached hydrogens (tertiary/aromatic N) is 4. The molecule has 5 aromatic rings. The lowest BCUT2D eigenvalue weighted by atomic mass is 10.1. The van der Waals surface area contributed by atoms with Gasteiger partial charge in [0.1, 0.15) is 29.6 Å². The van der Waals surface area contributed by atoms with Crippen molar-refractivity contribution in [2.24, 2.45) is 0 Å². The molecule has 26 heteroatoms. The predicted octanol–water partition coefficient (Wildman–Crippen LogP) is 5.45. The summed E-state index contributed by atoms with van der Waals surface area (Å²) in [6.07, 6.45) is -7.81. The number of fused-ring (bicyclic) bond motifs is 1. The maximum absolute atomic E-state index is 13.5. The van der Waals surface area contributed by atoms with Crippen LogP contribution >= 0.6 is 23.2 Å². The fourth-order valence-corrected chi connectivity index (χ4v) is 9.49. The number of phosphoric ester groups is 1. The minimum Gasteiger partial charge on any atom is -0.439 e. The lowest BCUT2D eigenvalue weighted by molar-refractivity contribution is -0.0514. The number of hydrogen-bond acceptors (Lipinski definition) is 15. The van der Waals surface area contributed by atoms with E-state index < -0.39 is 84.4 Å².